The van der Waals surface area contributed by atoms with Gasteiger partial charge in [0, 0.05) is 34.9 Å². The molecule has 3 heterocycles. The predicted octanol–water partition coefficient (Wildman–Crippen LogP) is 0.904. The maximum absolute atomic E-state index is 14.5. The van der Waals surface area contributed by atoms with E-state index in [1.165, 1.54) is 23.1 Å². The maximum atomic E-state index is 14.5. The van der Waals surface area contributed by atoms with Crippen LogP contribution in [0.5, 0.6) is 0 Å². The van der Waals surface area contributed by atoms with Gasteiger partial charge in [0.2, 0.25) is 5.56 Å². The van der Waals surface area contributed by atoms with Gasteiger partial charge in [-0.3, -0.25) is 14.4 Å². The fraction of sp³-hybridized carbons (Fsp3) is 0.174. The van der Waals surface area contributed by atoms with E-state index in [4.69, 9.17) is 4.74 Å². The van der Waals surface area contributed by atoms with E-state index in [9.17, 15) is 28.7 Å². The highest BCUT2D eigenvalue weighted by Gasteiger charge is 2.39. The van der Waals surface area contributed by atoms with E-state index in [1.807, 2.05) is 0 Å². The molecule has 13 nitrogen and oxygen atoms in total. The third-order valence-electron chi connectivity index (χ3n) is 5.63. The molecule has 1 saturated heterocycles. The van der Waals surface area contributed by atoms with E-state index in [-0.39, 0.29) is 41.9 Å². The molecule has 0 bridgehead atoms. The summed E-state index contributed by atoms with van der Waals surface area (Å²) in [5, 5.41) is 15.8. The molecule has 5 rings (SSSR count). The van der Waals surface area contributed by atoms with Crippen LogP contribution >= 0.6 is 0 Å². The minimum atomic E-state index is -1.88. The fourth-order valence-corrected chi connectivity index (χ4v) is 3.88. The van der Waals surface area contributed by atoms with E-state index >= 15 is 0 Å². The number of nitrogens with one attached hydrogen (secondary N) is 3. The quantitative estimate of drug-likeness (QED) is 0.257. The molecule has 0 saturated carbocycles. The number of fused-ring (bicyclic) bond motifs is 1. The number of aromatic nitrogens is 3. The number of pyridine rings is 1. The normalized spacial score (nSPS) is 16.3. The molecule has 0 aliphatic carbocycles. The number of hydrogen-bond donors (Lipinski definition) is 5. The summed E-state index contributed by atoms with van der Waals surface area (Å²) in [6, 6.07) is 11.5. The topological polar surface area (TPSA) is 206 Å². The Labute approximate surface area is 206 Å². The summed E-state index contributed by atoms with van der Waals surface area (Å²) in [5.74, 6) is -3.48. The monoisotopic (exact) mass is 512 g/mol. The van der Waals surface area contributed by atoms with E-state index in [1.54, 1.807) is 24.3 Å². The van der Waals surface area contributed by atoms with Crippen LogP contribution in [-0.2, 0) is 14.3 Å². The van der Waals surface area contributed by atoms with Gasteiger partial charge in [0.1, 0.15) is 5.82 Å². The van der Waals surface area contributed by atoms with Crippen LogP contribution in [0.1, 0.15) is 0 Å². The zero-order chi connectivity index (χ0) is 25.4. The van der Waals surface area contributed by atoms with Crippen LogP contribution in [0.3, 0.4) is 0 Å². The van der Waals surface area contributed by atoms with Crippen molar-refractivity contribution in [2.24, 2.45) is 0 Å². The third-order valence-corrected chi connectivity index (χ3v) is 5.63. The molecule has 1 aliphatic rings. The van der Waals surface area contributed by atoms with Crippen LogP contribution in [0.25, 0.3) is 22.3 Å². The SMILES string of the molecule is N.O=C(Nc1ccc(-c2nc(=O)o[nH]2)c(F)c1)[C@H](O)[C@H]1OCCN(c2ccc3[nH]c(=O)ccc3c2)C1=O. The van der Waals surface area contributed by atoms with E-state index in [2.05, 4.69) is 25.0 Å². The average Bonchev–Trinajstić information content (AvgIpc) is 3.29. The van der Waals surface area contributed by atoms with Gasteiger partial charge in [0.25, 0.3) is 11.8 Å². The largest absolute Gasteiger partial charge is 0.460 e. The molecule has 2 aromatic carbocycles. The van der Waals surface area contributed by atoms with Crippen LogP contribution in [-0.4, -0.2) is 57.4 Å². The van der Waals surface area contributed by atoms with Gasteiger partial charge in [-0.2, -0.15) is 10.1 Å². The maximum Gasteiger partial charge on any atom is 0.460 e. The zero-order valence-corrected chi connectivity index (χ0v) is 19.1. The number of nitrogens with zero attached hydrogens (tertiary/aromatic N) is 2. The van der Waals surface area contributed by atoms with E-state index in [0.29, 0.717) is 16.6 Å². The van der Waals surface area contributed by atoms with Gasteiger partial charge in [-0.1, -0.05) is 0 Å². The molecule has 2 aromatic heterocycles. The summed E-state index contributed by atoms with van der Waals surface area (Å²) in [6.07, 6.45) is -3.37. The summed E-state index contributed by atoms with van der Waals surface area (Å²) in [4.78, 5) is 55.8. The number of rotatable bonds is 5. The molecule has 1 fully saturated rings. The Kier molecular flexibility index (Phi) is 6.97. The van der Waals surface area contributed by atoms with Crippen LogP contribution in [0, 0.1) is 5.82 Å². The second-order valence-electron chi connectivity index (χ2n) is 7.93. The number of aliphatic hydroxyl groups excluding tert-OH is 1. The first-order valence-electron chi connectivity index (χ1n) is 10.7. The smallest absolute Gasteiger partial charge is 0.380 e. The first-order valence-corrected chi connectivity index (χ1v) is 10.7. The van der Waals surface area contributed by atoms with Crippen LogP contribution in [0.15, 0.2) is 62.6 Å². The number of amides is 2. The number of anilines is 2. The molecule has 192 valence electrons. The van der Waals surface area contributed by atoms with Crippen molar-refractivity contribution in [3.63, 3.8) is 0 Å². The van der Waals surface area contributed by atoms with Gasteiger partial charge in [-0.25, -0.2) is 9.18 Å². The average molecular weight is 512 g/mol. The first-order chi connectivity index (χ1) is 17.3. The number of halogens is 1. The third kappa shape index (κ3) is 5.02. The Morgan fingerprint density at radius 3 is 2.70 bits per heavy atom. The lowest BCUT2D eigenvalue weighted by Crippen LogP contribution is -2.55. The van der Waals surface area contributed by atoms with Crippen molar-refractivity contribution in [2.75, 3.05) is 23.4 Å². The Balaban J connectivity index is 0.00000320. The zero-order valence-electron chi connectivity index (χ0n) is 19.1. The molecule has 7 N–H and O–H groups in total. The lowest BCUT2D eigenvalue weighted by Gasteiger charge is -2.34. The standard InChI is InChI=1S/C23H18FN5O7.H3N/c24-15-10-12(2-4-14(15)20-27-23(34)36-28-20)25-21(32)18(31)19-22(33)29(7-8-35-19)13-3-5-16-11(9-13)1-6-17(30)26-16;/h1-6,9-10,18-19,31H,7-8H2,(H,25,32)(H,26,30)(H,27,28,34);1H3/t18-,19-;/m1./s1. The number of carbonyl (C=O) groups is 2. The van der Waals surface area contributed by atoms with Crippen molar-refractivity contribution in [2.45, 2.75) is 12.2 Å². The summed E-state index contributed by atoms with van der Waals surface area (Å²) in [7, 11) is 0. The lowest BCUT2D eigenvalue weighted by molar-refractivity contribution is -0.150. The van der Waals surface area contributed by atoms with Crippen molar-refractivity contribution in [3.05, 3.63) is 75.3 Å². The second kappa shape index (κ2) is 10.1. The van der Waals surface area contributed by atoms with Crippen molar-refractivity contribution in [1.82, 2.24) is 21.3 Å². The molecule has 0 spiro atoms. The van der Waals surface area contributed by atoms with Gasteiger partial charge in [-0.15, -0.1) is 0 Å². The highest BCUT2D eigenvalue weighted by atomic mass is 19.1. The minimum Gasteiger partial charge on any atom is -0.380 e. The van der Waals surface area contributed by atoms with Crippen LogP contribution < -0.4 is 27.7 Å². The summed E-state index contributed by atoms with van der Waals surface area (Å²) < 4.78 is 24.3. The Hall–Kier alpha value is -4.66. The summed E-state index contributed by atoms with van der Waals surface area (Å²) in [5.41, 5.74) is 0.768. The number of aromatic amines is 2. The molecule has 0 radical (unpaired) electrons. The number of carbonyl (C=O) groups excluding carboxylic acids is 2. The molecule has 4 aromatic rings. The molecular formula is C23H21FN6O7. The van der Waals surface area contributed by atoms with Crippen LogP contribution in [0.4, 0.5) is 15.8 Å². The number of H-pyrrole nitrogens is 2. The lowest BCUT2D eigenvalue weighted by atomic mass is 10.1. The molecule has 2 atom stereocenters. The first kappa shape index (κ1) is 25.4. The van der Waals surface area contributed by atoms with Crippen molar-refractivity contribution in [3.8, 4) is 11.4 Å². The second-order valence-corrected chi connectivity index (χ2v) is 7.93. The number of hydrogen-bond acceptors (Lipinski definition) is 9. The number of ether oxygens (including phenoxy) is 1. The number of aliphatic hydroxyl groups is 1. The molecule has 2 amide bonds. The van der Waals surface area contributed by atoms with Crippen LogP contribution in [0.2, 0.25) is 0 Å². The molecule has 14 heteroatoms. The Morgan fingerprint density at radius 2 is 1.97 bits per heavy atom. The van der Waals surface area contributed by atoms with Gasteiger partial charge in [0.05, 0.1) is 12.2 Å². The van der Waals surface area contributed by atoms with Crippen molar-refractivity contribution in [1.29, 1.82) is 0 Å². The molecule has 0 unspecified atom stereocenters. The van der Waals surface area contributed by atoms with Gasteiger partial charge >= 0.3 is 5.76 Å². The molecule has 37 heavy (non-hydrogen) atoms. The minimum absolute atomic E-state index is 0. The Morgan fingerprint density at radius 1 is 1.16 bits per heavy atom. The van der Waals surface area contributed by atoms with E-state index < -0.39 is 35.6 Å². The highest BCUT2D eigenvalue weighted by molar-refractivity contribution is 6.04. The van der Waals surface area contributed by atoms with Gasteiger partial charge < -0.3 is 35.7 Å². The summed E-state index contributed by atoms with van der Waals surface area (Å²) >= 11 is 0. The number of benzene rings is 2. The van der Waals surface area contributed by atoms with Crippen molar-refractivity contribution >= 4 is 34.1 Å². The fourth-order valence-electron chi connectivity index (χ4n) is 3.88. The van der Waals surface area contributed by atoms with Crippen molar-refractivity contribution < 1.29 is 28.3 Å². The molecule has 1 aliphatic heterocycles. The summed E-state index contributed by atoms with van der Waals surface area (Å²) in [6.45, 7) is 0.249. The predicted molar refractivity (Wildman–Crippen MR) is 129 cm³/mol. The van der Waals surface area contributed by atoms with E-state index in [0.717, 1.165) is 6.07 Å². The van der Waals surface area contributed by atoms with Gasteiger partial charge in [0.15, 0.2) is 18.0 Å². The number of morpholine rings is 1. The van der Waals surface area contributed by atoms with Gasteiger partial charge in [-0.05, 0) is 42.5 Å². The highest BCUT2D eigenvalue weighted by Crippen LogP contribution is 2.25. The molecular weight excluding hydrogens is 491 g/mol. The Bertz CT molecular complexity index is 1600.